The van der Waals surface area contributed by atoms with Gasteiger partial charge in [-0.1, -0.05) is 42.5 Å². The number of nitrogens with one attached hydrogen (secondary N) is 3. The average molecular weight is 384 g/mol. The number of pyridine rings is 1. The molecule has 0 unspecified atom stereocenters. The zero-order valence-corrected chi connectivity index (χ0v) is 16.4. The van der Waals surface area contributed by atoms with Gasteiger partial charge in [-0.25, -0.2) is 4.98 Å². The molecule has 5 nitrogen and oxygen atoms in total. The lowest BCUT2D eigenvalue weighted by Crippen LogP contribution is -2.26. The van der Waals surface area contributed by atoms with E-state index in [1.807, 2.05) is 36.5 Å². The summed E-state index contributed by atoms with van der Waals surface area (Å²) in [5.74, 6) is -0.157. The zero-order chi connectivity index (χ0) is 20.1. The Labute approximate surface area is 170 Å². The first-order valence-corrected chi connectivity index (χ1v) is 9.78. The van der Waals surface area contributed by atoms with Gasteiger partial charge in [-0.05, 0) is 48.2 Å². The molecule has 0 bridgehead atoms. The molecule has 0 aliphatic rings. The molecule has 1 amide bonds. The van der Waals surface area contributed by atoms with Crippen molar-refractivity contribution in [2.24, 2.45) is 0 Å². The first-order chi connectivity index (χ1) is 14.2. The zero-order valence-electron chi connectivity index (χ0n) is 16.4. The highest BCUT2D eigenvalue weighted by Crippen LogP contribution is 2.17. The summed E-state index contributed by atoms with van der Waals surface area (Å²) in [4.78, 5) is 19.9. The van der Waals surface area contributed by atoms with Crippen LogP contribution in [0, 0.1) is 6.92 Å². The van der Waals surface area contributed by atoms with Gasteiger partial charge in [0.05, 0.1) is 11.9 Å². The van der Waals surface area contributed by atoms with E-state index in [1.165, 1.54) is 22.1 Å². The summed E-state index contributed by atoms with van der Waals surface area (Å²) in [7, 11) is 0. The van der Waals surface area contributed by atoms with Crippen molar-refractivity contribution in [3.8, 4) is 0 Å². The fourth-order valence-corrected chi connectivity index (χ4v) is 3.38. The molecule has 29 heavy (non-hydrogen) atoms. The molecule has 4 rings (SSSR count). The lowest BCUT2D eigenvalue weighted by Gasteiger charge is -2.09. The molecule has 5 heteroatoms. The predicted octanol–water partition coefficient (Wildman–Crippen LogP) is 4.46. The van der Waals surface area contributed by atoms with Crippen molar-refractivity contribution < 1.29 is 4.79 Å². The van der Waals surface area contributed by atoms with Crippen LogP contribution in [-0.4, -0.2) is 22.4 Å². The molecule has 0 aliphatic heterocycles. The van der Waals surface area contributed by atoms with Crippen LogP contribution in [0.3, 0.4) is 0 Å². The van der Waals surface area contributed by atoms with Gasteiger partial charge in [0.15, 0.2) is 0 Å². The Bertz CT molecular complexity index is 1120. The van der Waals surface area contributed by atoms with Crippen LogP contribution in [0.1, 0.15) is 27.2 Å². The largest absolute Gasteiger partial charge is 0.380 e. The molecule has 2 heterocycles. The molecule has 0 fully saturated rings. The number of carbonyl (C=O) groups is 1. The van der Waals surface area contributed by atoms with E-state index in [1.54, 1.807) is 12.3 Å². The summed E-state index contributed by atoms with van der Waals surface area (Å²) in [5.41, 5.74) is 6.12. The number of carbonyl (C=O) groups excluding carboxylic acids is 1. The molecule has 146 valence electrons. The van der Waals surface area contributed by atoms with E-state index in [9.17, 15) is 4.79 Å². The Kier molecular flexibility index (Phi) is 5.56. The van der Waals surface area contributed by atoms with Crippen LogP contribution in [-0.2, 0) is 13.0 Å². The number of aryl methyl sites for hydroxylation is 1. The van der Waals surface area contributed by atoms with Crippen LogP contribution in [0.2, 0.25) is 0 Å². The second-order valence-corrected chi connectivity index (χ2v) is 7.08. The molecule has 2 aromatic carbocycles. The third kappa shape index (κ3) is 4.46. The van der Waals surface area contributed by atoms with E-state index >= 15 is 0 Å². The summed E-state index contributed by atoms with van der Waals surface area (Å²) >= 11 is 0. The molecule has 0 atom stereocenters. The number of rotatable bonds is 7. The van der Waals surface area contributed by atoms with Gasteiger partial charge in [-0.15, -0.1) is 0 Å². The van der Waals surface area contributed by atoms with Crippen LogP contribution in [0.15, 0.2) is 73.1 Å². The fraction of sp³-hybridized carbons (Fsp3) is 0.167. The van der Waals surface area contributed by atoms with Crippen LogP contribution in [0.5, 0.6) is 0 Å². The summed E-state index contributed by atoms with van der Waals surface area (Å²) < 4.78 is 0. The van der Waals surface area contributed by atoms with E-state index in [-0.39, 0.29) is 5.91 Å². The van der Waals surface area contributed by atoms with Crippen molar-refractivity contribution in [1.82, 2.24) is 15.3 Å². The molecule has 2 aromatic heterocycles. The minimum absolute atomic E-state index is 0.157. The molecule has 3 N–H and O–H groups in total. The summed E-state index contributed by atoms with van der Waals surface area (Å²) in [5, 5.41) is 7.50. The molecule has 0 aliphatic carbocycles. The number of aromatic amines is 1. The fourth-order valence-electron chi connectivity index (χ4n) is 3.38. The molecule has 0 saturated heterocycles. The second-order valence-electron chi connectivity index (χ2n) is 7.08. The Morgan fingerprint density at radius 2 is 1.83 bits per heavy atom. The van der Waals surface area contributed by atoms with Gasteiger partial charge >= 0.3 is 0 Å². The molecule has 0 radical (unpaired) electrons. The minimum Gasteiger partial charge on any atom is -0.380 e. The topological polar surface area (TPSA) is 69.8 Å². The first-order valence-electron chi connectivity index (χ1n) is 9.78. The number of amides is 1. The predicted molar refractivity (Wildman–Crippen MR) is 117 cm³/mol. The summed E-state index contributed by atoms with van der Waals surface area (Å²) in [6, 6.07) is 20.1. The van der Waals surface area contributed by atoms with Crippen LogP contribution in [0.4, 0.5) is 5.69 Å². The maximum absolute atomic E-state index is 12.4. The van der Waals surface area contributed by atoms with E-state index in [0.29, 0.717) is 12.2 Å². The number of hydrogen-bond acceptors (Lipinski definition) is 3. The third-order valence-corrected chi connectivity index (χ3v) is 5.10. The molecule has 4 aromatic rings. The van der Waals surface area contributed by atoms with Gasteiger partial charge in [0.2, 0.25) is 0 Å². The lowest BCUT2D eigenvalue weighted by atomic mass is 10.1. The molecule has 0 spiro atoms. The van der Waals surface area contributed by atoms with E-state index < -0.39 is 0 Å². The number of nitrogens with zero attached hydrogens (tertiary/aromatic N) is 1. The van der Waals surface area contributed by atoms with Crippen LogP contribution < -0.4 is 10.6 Å². The van der Waals surface area contributed by atoms with Crippen LogP contribution in [0.25, 0.3) is 10.9 Å². The monoisotopic (exact) mass is 384 g/mol. The Hall–Kier alpha value is -3.60. The standard InChI is InChI=1S/C24H24N4O/c1-17-6-2-3-7-18(17)14-26-20-10-11-23(28-16-20)24(29)25-13-12-19-15-27-22-9-5-4-8-21(19)22/h2-11,15-16,26-27H,12-14H2,1H3,(H,25,29). The van der Waals surface area contributed by atoms with Gasteiger partial charge in [0.1, 0.15) is 5.69 Å². The highest BCUT2D eigenvalue weighted by atomic mass is 16.1. The lowest BCUT2D eigenvalue weighted by molar-refractivity contribution is 0.0949. The van der Waals surface area contributed by atoms with Crippen molar-refractivity contribution in [1.29, 1.82) is 0 Å². The number of aromatic nitrogens is 2. The smallest absolute Gasteiger partial charge is 0.269 e. The molecular formula is C24H24N4O. The van der Waals surface area contributed by atoms with E-state index in [2.05, 4.69) is 51.8 Å². The van der Waals surface area contributed by atoms with Crippen molar-refractivity contribution in [3.63, 3.8) is 0 Å². The number of fused-ring (bicyclic) bond motifs is 1. The van der Waals surface area contributed by atoms with Gasteiger partial charge in [0.25, 0.3) is 5.91 Å². The second kappa shape index (κ2) is 8.61. The SMILES string of the molecule is Cc1ccccc1CNc1ccc(C(=O)NCCc2c[nH]c3ccccc23)nc1. The number of anilines is 1. The summed E-state index contributed by atoms with van der Waals surface area (Å²) in [6.45, 7) is 3.39. The van der Waals surface area contributed by atoms with Crippen molar-refractivity contribution in [3.05, 3.63) is 95.4 Å². The Balaban J connectivity index is 1.29. The first kappa shape index (κ1) is 18.7. The molecular weight excluding hydrogens is 360 g/mol. The number of hydrogen-bond donors (Lipinski definition) is 3. The van der Waals surface area contributed by atoms with Gasteiger partial charge < -0.3 is 15.6 Å². The maximum atomic E-state index is 12.4. The van der Waals surface area contributed by atoms with Gasteiger partial charge in [0, 0.05) is 30.2 Å². The number of para-hydroxylation sites is 1. The number of H-pyrrole nitrogens is 1. The minimum atomic E-state index is -0.157. The van der Waals surface area contributed by atoms with Gasteiger partial charge in [-0.3, -0.25) is 4.79 Å². The summed E-state index contributed by atoms with van der Waals surface area (Å²) in [6.07, 6.45) is 4.47. The van der Waals surface area contributed by atoms with Crippen LogP contribution >= 0.6 is 0 Å². The molecule has 0 saturated carbocycles. The van der Waals surface area contributed by atoms with Gasteiger partial charge in [-0.2, -0.15) is 0 Å². The number of benzene rings is 2. The normalized spacial score (nSPS) is 10.8. The third-order valence-electron chi connectivity index (χ3n) is 5.10. The van der Waals surface area contributed by atoms with Crippen molar-refractivity contribution in [2.45, 2.75) is 19.9 Å². The highest BCUT2D eigenvalue weighted by Gasteiger charge is 2.08. The van der Waals surface area contributed by atoms with E-state index in [4.69, 9.17) is 0 Å². The quantitative estimate of drug-likeness (QED) is 0.441. The highest BCUT2D eigenvalue weighted by molar-refractivity contribution is 5.92. The maximum Gasteiger partial charge on any atom is 0.269 e. The van der Waals surface area contributed by atoms with Crippen molar-refractivity contribution >= 4 is 22.5 Å². The average Bonchev–Trinajstić information content (AvgIpc) is 3.17. The Morgan fingerprint density at radius 3 is 2.66 bits per heavy atom. The van der Waals surface area contributed by atoms with E-state index in [0.717, 1.165) is 24.2 Å². The Morgan fingerprint density at radius 1 is 1.00 bits per heavy atom. The van der Waals surface area contributed by atoms with Crippen molar-refractivity contribution in [2.75, 3.05) is 11.9 Å².